The van der Waals surface area contributed by atoms with Crippen LogP contribution in [0.15, 0.2) is 18.3 Å². The topological polar surface area (TPSA) is 42.0 Å². The molecule has 102 valence electrons. The van der Waals surface area contributed by atoms with Crippen LogP contribution >= 0.6 is 0 Å². The molecule has 0 saturated heterocycles. The summed E-state index contributed by atoms with van der Waals surface area (Å²) in [5.74, 6) is 0.698. The third kappa shape index (κ3) is 5.14. The molecule has 0 aliphatic heterocycles. The number of pyridine rings is 1. The average molecular weight is 286 g/mol. The van der Waals surface area contributed by atoms with E-state index in [0.29, 0.717) is 0 Å². The normalized spacial score (nSPS) is 11.5. The van der Waals surface area contributed by atoms with Crippen LogP contribution in [-0.2, 0) is 4.79 Å². The Hall–Kier alpha value is -1.81. The van der Waals surface area contributed by atoms with E-state index in [4.69, 9.17) is 0 Å². The van der Waals surface area contributed by atoms with Crippen molar-refractivity contribution in [1.82, 2.24) is 4.98 Å². The number of alkyl halides is 3. The number of aromatic nitrogens is 1. The van der Waals surface area contributed by atoms with E-state index < -0.39 is 20.2 Å². The van der Waals surface area contributed by atoms with Gasteiger partial charge in [0.15, 0.2) is 0 Å². The summed E-state index contributed by atoms with van der Waals surface area (Å²) in [5.41, 5.74) is 3.09. The molecule has 7 heteroatoms. The number of hydrogen-bond donors (Lipinski definition) is 1. The molecule has 3 nitrogen and oxygen atoms in total. The molecule has 0 aromatic carbocycles. The highest BCUT2D eigenvalue weighted by Crippen LogP contribution is 2.19. The van der Waals surface area contributed by atoms with E-state index in [2.05, 4.69) is 16.4 Å². The summed E-state index contributed by atoms with van der Waals surface area (Å²) in [7, 11) is -1.68. The maximum atomic E-state index is 12.2. The van der Waals surface area contributed by atoms with Crippen molar-refractivity contribution in [2.45, 2.75) is 25.8 Å². The zero-order valence-electron chi connectivity index (χ0n) is 10.7. The van der Waals surface area contributed by atoms with E-state index in [1.807, 2.05) is 19.6 Å². The van der Waals surface area contributed by atoms with Gasteiger partial charge in [-0.3, -0.25) is 4.79 Å². The maximum Gasteiger partial charge on any atom is 0.471 e. The lowest BCUT2D eigenvalue weighted by molar-refractivity contribution is -0.167. The quantitative estimate of drug-likeness (QED) is 0.637. The third-order valence-corrected chi connectivity index (χ3v) is 2.74. The average Bonchev–Trinajstić information content (AvgIpc) is 2.25. The highest BCUT2D eigenvalue weighted by atomic mass is 28.3. The lowest BCUT2D eigenvalue weighted by atomic mass is 10.3. The second-order valence-corrected chi connectivity index (χ2v) is 9.60. The minimum Gasteiger partial charge on any atom is -0.316 e. The Bertz CT molecular complexity index is 538. The minimum atomic E-state index is -4.93. The molecular weight excluding hydrogens is 273 g/mol. The molecule has 0 radical (unpaired) electrons. The zero-order valence-corrected chi connectivity index (χ0v) is 11.7. The molecule has 1 amide bonds. The molecule has 0 unspecified atom stereocenters. The molecule has 1 N–H and O–H groups in total. The van der Waals surface area contributed by atoms with Crippen molar-refractivity contribution in [2.75, 3.05) is 5.32 Å². The van der Waals surface area contributed by atoms with Crippen LogP contribution in [0.5, 0.6) is 0 Å². The first-order chi connectivity index (χ1) is 8.59. The number of nitrogens with zero attached hydrogens (tertiary/aromatic N) is 1. The summed E-state index contributed by atoms with van der Waals surface area (Å²) in [6.07, 6.45) is -3.52. The van der Waals surface area contributed by atoms with Gasteiger partial charge in [-0.05, 0) is 12.1 Å². The summed E-state index contributed by atoms with van der Waals surface area (Å²) in [6.45, 7) is 5.99. The first-order valence-corrected chi connectivity index (χ1v) is 8.96. The first-order valence-electron chi connectivity index (χ1n) is 5.46. The second kappa shape index (κ2) is 5.44. The Morgan fingerprint density at radius 2 is 2.00 bits per heavy atom. The molecule has 1 aromatic rings. The second-order valence-electron chi connectivity index (χ2n) is 4.85. The summed E-state index contributed by atoms with van der Waals surface area (Å²) in [4.78, 5) is 14.8. The monoisotopic (exact) mass is 286 g/mol. The highest BCUT2D eigenvalue weighted by Gasteiger charge is 2.39. The first kappa shape index (κ1) is 15.2. The van der Waals surface area contributed by atoms with Crippen molar-refractivity contribution >= 4 is 19.7 Å². The van der Waals surface area contributed by atoms with Gasteiger partial charge >= 0.3 is 12.1 Å². The Balaban J connectivity index is 3.03. The van der Waals surface area contributed by atoms with Gasteiger partial charge in [0.1, 0.15) is 13.8 Å². The van der Waals surface area contributed by atoms with Crippen LogP contribution < -0.4 is 5.32 Å². The Labute approximate surface area is 110 Å². The van der Waals surface area contributed by atoms with E-state index in [0.717, 1.165) is 0 Å². The van der Waals surface area contributed by atoms with Gasteiger partial charge in [0.2, 0.25) is 0 Å². The van der Waals surface area contributed by atoms with Gasteiger partial charge in [-0.1, -0.05) is 25.6 Å². The number of rotatable bonds is 1. The van der Waals surface area contributed by atoms with Crippen molar-refractivity contribution in [1.29, 1.82) is 0 Å². The number of halogens is 3. The summed E-state index contributed by atoms with van der Waals surface area (Å²) >= 11 is 0. The van der Waals surface area contributed by atoms with E-state index in [1.165, 1.54) is 18.3 Å². The number of carbonyl (C=O) groups excluding carboxylic acids is 1. The number of amides is 1. The van der Waals surface area contributed by atoms with E-state index >= 15 is 0 Å². The SMILES string of the molecule is C[Si](C)(C)C#Cc1ncccc1NC(=O)C(F)(F)F. The predicted octanol–water partition coefficient (Wildman–Crippen LogP) is 2.81. The van der Waals surface area contributed by atoms with Crippen molar-refractivity contribution in [3.63, 3.8) is 0 Å². The van der Waals surface area contributed by atoms with Gasteiger partial charge < -0.3 is 5.32 Å². The fourth-order valence-electron chi connectivity index (χ4n) is 1.05. The third-order valence-electron chi connectivity index (χ3n) is 1.87. The number of anilines is 1. The lowest BCUT2D eigenvalue weighted by Crippen LogP contribution is -2.30. The van der Waals surface area contributed by atoms with Crippen LogP contribution in [0.4, 0.5) is 18.9 Å². The summed E-state index contributed by atoms with van der Waals surface area (Å²) < 4.78 is 36.5. The molecule has 0 saturated carbocycles. The van der Waals surface area contributed by atoms with E-state index in [1.54, 1.807) is 5.32 Å². The Morgan fingerprint density at radius 3 is 2.53 bits per heavy atom. The van der Waals surface area contributed by atoms with Gasteiger partial charge in [0.25, 0.3) is 0 Å². The van der Waals surface area contributed by atoms with Crippen molar-refractivity contribution in [3.8, 4) is 11.5 Å². The van der Waals surface area contributed by atoms with Crippen molar-refractivity contribution in [2.24, 2.45) is 0 Å². The zero-order chi connectivity index (χ0) is 14.7. The summed E-state index contributed by atoms with van der Waals surface area (Å²) in [5, 5.41) is 1.77. The molecule has 0 fully saturated rings. The molecule has 1 heterocycles. The van der Waals surface area contributed by atoms with Crippen molar-refractivity contribution in [3.05, 3.63) is 24.0 Å². The van der Waals surface area contributed by atoms with Crippen LogP contribution in [0.25, 0.3) is 0 Å². The van der Waals surface area contributed by atoms with Crippen LogP contribution in [0.1, 0.15) is 5.69 Å². The fourth-order valence-corrected chi connectivity index (χ4v) is 1.54. The van der Waals surface area contributed by atoms with Gasteiger partial charge in [0, 0.05) is 6.20 Å². The number of carbonyl (C=O) groups is 1. The fraction of sp³-hybridized carbons (Fsp3) is 0.333. The summed E-state index contributed by atoms with van der Waals surface area (Å²) in [6, 6.07) is 2.77. The molecule has 0 atom stereocenters. The lowest BCUT2D eigenvalue weighted by Gasteiger charge is -2.09. The molecular formula is C12H13F3N2OSi. The number of nitrogens with one attached hydrogen (secondary N) is 1. The van der Waals surface area contributed by atoms with Crippen LogP contribution in [-0.4, -0.2) is 25.1 Å². The van der Waals surface area contributed by atoms with Crippen LogP contribution in [0.2, 0.25) is 19.6 Å². The van der Waals surface area contributed by atoms with Gasteiger partial charge in [-0.15, -0.1) is 5.54 Å². The molecule has 1 rings (SSSR count). The Morgan fingerprint density at radius 1 is 1.37 bits per heavy atom. The van der Waals surface area contributed by atoms with Gasteiger partial charge in [0.05, 0.1) is 5.69 Å². The van der Waals surface area contributed by atoms with E-state index in [9.17, 15) is 18.0 Å². The Kier molecular flexibility index (Phi) is 4.37. The highest BCUT2D eigenvalue weighted by molar-refractivity contribution is 6.83. The smallest absolute Gasteiger partial charge is 0.316 e. The van der Waals surface area contributed by atoms with Gasteiger partial charge in [-0.2, -0.15) is 13.2 Å². The van der Waals surface area contributed by atoms with Gasteiger partial charge in [-0.25, -0.2) is 4.98 Å². The molecule has 0 bridgehead atoms. The molecule has 0 spiro atoms. The number of hydrogen-bond acceptors (Lipinski definition) is 2. The van der Waals surface area contributed by atoms with Crippen molar-refractivity contribution < 1.29 is 18.0 Å². The largest absolute Gasteiger partial charge is 0.471 e. The molecule has 1 aromatic heterocycles. The van der Waals surface area contributed by atoms with E-state index in [-0.39, 0.29) is 11.4 Å². The maximum absolute atomic E-state index is 12.2. The van der Waals surface area contributed by atoms with Crippen LogP contribution in [0, 0.1) is 11.5 Å². The standard InChI is InChI=1S/C12H13F3N2OSi/c1-19(2,3)8-6-9-10(5-4-7-16-9)17-11(18)12(13,14)15/h4-5,7H,1-3H3,(H,17,18). The minimum absolute atomic E-state index is 0.0319. The molecule has 19 heavy (non-hydrogen) atoms. The molecule has 0 aliphatic rings. The van der Waals surface area contributed by atoms with Crippen LogP contribution in [0.3, 0.4) is 0 Å². The molecule has 0 aliphatic carbocycles. The predicted molar refractivity (Wildman–Crippen MR) is 69.1 cm³/mol.